The molecule has 0 aliphatic carbocycles. The normalized spacial score (nSPS) is 15.1. The number of anilines is 1. The Hall–Kier alpha value is -1.66. The number of nitrogens with zero attached hydrogens (tertiary/aromatic N) is 1. The van der Waals surface area contributed by atoms with Crippen molar-refractivity contribution < 1.29 is 9.13 Å². The Balaban J connectivity index is 1.61. The number of benzene rings is 2. The minimum absolute atomic E-state index is 0.277. The molecule has 25 heavy (non-hydrogen) atoms. The largest absolute Gasteiger partial charge is 0.496 e. The molecule has 0 unspecified atom stereocenters. The second kappa shape index (κ2) is 8.15. The van der Waals surface area contributed by atoms with E-state index in [0.717, 1.165) is 37.4 Å². The molecule has 3 rings (SSSR count). The molecule has 0 aromatic heterocycles. The number of halogens is 2. The van der Waals surface area contributed by atoms with Crippen LogP contribution in [-0.4, -0.2) is 30.2 Å². The van der Waals surface area contributed by atoms with Crippen LogP contribution in [0.5, 0.6) is 5.75 Å². The van der Waals surface area contributed by atoms with Crippen LogP contribution < -0.4 is 10.1 Å². The van der Waals surface area contributed by atoms with Crippen molar-refractivity contribution in [2.45, 2.75) is 18.8 Å². The van der Waals surface area contributed by atoms with Gasteiger partial charge in [0, 0.05) is 17.6 Å². The molecule has 1 fully saturated rings. The van der Waals surface area contributed by atoms with Gasteiger partial charge in [-0.05, 0) is 76.7 Å². The van der Waals surface area contributed by atoms with E-state index < -0.39 is 0 Å². The molecule has 2 aromatic carbocycles. The number of hydrogen-bond acceptors (Lipinski definition) is 2. The average molecular weight is 423 g/mol. The van der Waals surface area contributed by atoms with Crippen LogP contribution in [0.3, 0.4) is 0 Å². The van der Waals surface area contributed by atoms with E-state index in [4.69, 9.17) is 17.0 Å². The van der Waals surface area contributed by atoms with Crippen LogP contribution in [0.1, 0.15) is 24.3 Å². The number of rotatable bonds is 3. The van der Waals surface area contributed by atoms with Gasteiger partial charge in [0.1, 0.15) is 11.6 Å². The highest BCUT2D eigenvalue weighted by molar-refractivity contribution is 9.10. The Labute approximate surface area is 161 Å². The van der Waals surface area contributed by atoms with Crippen molar-refractivity contribution in [3.63, 3.8) is 0 Å². The van der Waals surface area contributed by atoms with Gasteiger partial charge in [0.2, 0.25) is 0 Å². The van der Waals surface area contributed by atoms with Crippen LogP contribution in [0.4, 0.5) is 10.1 Å². The number of nitrogens with one attached hydrogen (secondary N) is 1. The van der Waals surface area contributed by atoms with E-state index >= 15 is 0 Å². The van der Waals surface area contributed by atoms with Crippen LogP contribution in [0.25, 0.3) is 0 Å². The van der Waals surface area contributed by atoms with Crippen molar-refractivity contribution in [3.05, 3.63) is 58.3 Å². The van der Waals surface area contributed by atoms with E-state index in [9.17, 15) is 4.39 Å². The number of hydrogen-bond donors (Lipinski definition) is 1. The zero-order valence-corrected chi connectivity index (χ0v) is 16.4. The minimum Gasteiger partial charge on any atom is -0.496 e. The maximum atomic E-state index is 13.2. The third-order valence-electron chi connectivity index (χ3n) is 4.53. The van der Waals surface area contributed by atoms with E-state index in [1.54, 1.807) is 13.2 Å². The van der Waals surface area contributed by atoms with E-state index in [0.29, 0.717) is 15.5 Å². The first kappa shape index (κ1) is 18.1. The van der Waals surface area contributed by atoms with Gasteiger partial charge >= 0.3 is 0 Å². The number of likely N-dealkylation sites (tertiary alicyclic amines) is 1. The molecule has 3 nitrogen and oxygen atoms in total. The average Bonchev–Trinajstić information content (AvgIpc) is 2.64. The number of ether oxygens (including phenoxy) is 1. The highest BCUT2D eigenvalue weighted by Crippen LogP contribution is 2.34. The third-order valence-corrected chi connectivity index (χ3v) is 5.55. The van der Waals surface area contributed by atoms with Crippen molar-refractivity contribution in [1.82, 2.24) is 4.90 Å². The molecule has 0 amide bonds. The summed E-state index contributed by atoms with van der Waals surface area (Å²) in [5, 5.41) is 3.88. The second-order valence-electron chi connectivity index (χ2n) is 6.06. The SMILES string of the molecule is COc1ccccc1C1CCN(C(=S)Nc2ccc(F)cc2Br)CC1. The Bertz CT molecular complexity index is 763. The van der Waals surface area contributed by atoms with Gasteiger partial charge in [-0.3, -0.25) is 0 Å². The van der Waals surface area contributed by atoms with Gasteiger partial charge in [-0.2, -0.15) is 0 Å². The minimum atomic E-state index is -0.277. The van der Waals surface area contributed by atoms with E-state index in [2.05, 4.69) is 38.3 Å². The van der Waals surface area contributed by atoms with Crippen LogP contribution in [0.15, 0.2) is 46.9 Å². The Morgan fingerprint density at radius 2 is 1.96 bits per heavy atom. The Morgan fingerprint density at radius 1 is 1.24 bits per heavy atom. The quantitative estimate of drug-likeness (QED) is 0.689. The second-order valence-corrected chi connectivity index (χ2v) is 7.30. The van der Waals surface area contributed by atoms with Gasteiger partial charge in [0.25, 0.3) is 0 Å². The molecule has 6 heteroatoms. The lowest BCUT2D eigenvalue weighted by Gasteiger charge is -2.34. The lowest BCUT2D eigenvalue weighted by Crippen LogP contribution is -2.40. The number of para-hydroxylation sites is 1. The van der Waals surface area contributed by atoms with Crippen molar-refractivity contribution in [1.29, 1.82) is 0 Å². The molecule has 0 bridgehead atoms. The van der Waals surface area contributed by atoms with E-state index in [-0.39, 0.29) is 5.82 Å². The van der Waals surface area contributed by atoms with Crippen LogP contribution in [0.2, 0.25) is 0 Å². The summed E-state index contributed by atoms with van der Waals surface area (Å²) in [6, 6.07) is 12.8. The van der Waals surface area contributed by atoms with Crippen LogP contribution in [-0.2, 0) is 0 Å². The fourth-order valence-electron chi connectivity index (χ4n) is 3.18. The molecule has 1 saturated heterocycles. The molecule has 1 N–H and O–H groups in total. The van der Waals surface area contributed by atoms with E-state index in [1.807, 2.05) is 12.1 Å². The Morgan fingerprint density at radius 3 is 2.64 bits per heavy atom. The highest BCUT2D eigenvalue weighted by Gasteiger charge is 2.24. The van der Waals surface area contributed by atoms with Crippen molar-refractivity contribution in [3.8, 4) is 5.75 Å². The third kappa shape index (κ3) is 4.30. The van der Waals surface area contributed by atoms with Crippen LogP contribution >= 0.6 is 28.1 Å². The van der Waals surface area contributed by atoms with Gasteiger partial charge < -0.3 is 15.0 Å². The van der Waals surface area contributed by atoms with Gasteiger partial charge in [0.15, 0.2) is 5.11 Å². The predicted octanol–water partition coefficient (Wildman–Crippen LogP) is 5.17. The lowest BCUT2D eigenvalue weighted by molar-refractivity contribution is 0.310. The number of thiocarbonyl (C=S) groups is 1. The topological polar surface area (TPSA) is 24.5 Å². The smallest absolute Gasteiger partial charge is 0.173 e. The predicted molar refractivity (Wildman–Crippen MR) is 107 cm³/mol. The lowest BCUT2D eigenvalue weighted by atomic mass is 9.89. The van der Waals surface area contributed by atoms with Crippen LogP contribution in [0, 0.1) is 5.82 Å². The van der Waals surface area contributed by atoms with Gasteiger partial charge in [-0.15, -0.1) is 0 Å². The monoisotopic (exact) mass is 422 g/mol. The summed E-state index contributed by atoms with van der Waals surface area (Å²) in [4.78, 5) is 2.16. The highest BCUT2D eigenvalue weighted by atomic mass is 79.9. The molecule has 0 radical (unpaired) electrons. The molecular weight excluding hydrogens is 403 g/mol. The first-order valence-electron chi connectivity index (χ1n) is 8.22. The first-order valence-corrected chi connectivity index (χ1v) is 9.42. The number of piperidine rings is 1. The van der Waals surface area contributed by atoms with Crippen molar-refractivity contribution >= 4 is 38.9 Å². The maximum Gasteiger partial charge on any atom is 0.173 e. The number of methoxy groups -OCH3 is 1. The molecule has 1 aliphatic rings. The maximum absolute atomic E-state index is 13.2. The summed E-state index contributed by atoms with van der Waals surface area (Å²) in [5.74, 6) is 1.16. The summed E-state index contributed by atoms with van der Waals surface area (Å²) in [6.45, 7) is 1.76. The zero-order valence-electron chi connectivity index (χ0n) is 14.0. The van der Waals surface area contributed by atoms with Crippen molar-refractivity contribution in [2.75, 3.05) is 25.5 Å². The summed E-state index contributed by atoms with van der Waals surface area (Å²) in [5.41, 5.74) is 2.04. The van der Waals surface area contributed by atoms with Gasteiger partial charge in [-0.1, -0.05) is 18.2 Å². The van der Waals surface area contributed by atoms with Crippen molar-refractivity contribution in [2.24, 2.45) is 0 Å². The van der Waals surface area contributed by atoms with Gasteiger partial charge in [0.05, 0.1) is 12.8 Å². The van der Waals surface area contributed by atoms with E-state index in [1.165, 1.54) is 17.7 Å². The summed E-state index contributed by atoms with van der Waals surface area (Å²) < 4.78 is 19.3. The standard InChI is InChI=1S/C19H20BrFN2OS/c1-24-18-5-3-2-4-15(18)13-8-10-23(11-9-13)19(25)22-17-7-6-14(21)12-16(17)20/h2-7,12-13H,8-11H2,1H3,(H,22,25). The fourth-order valence-corrected chi connectivity index (χ4v) is 3.92. The first-order chi connectivity index (χ1) is 12.1. The Kier molecular flexibility index (Phi) is 5.91. The summed E-state index contributed by atoms with van der Waals surface area (Å²) >= 11 is 8.89. The molecule has 0 atom stereocenters. The molecule has 132 valence electrons. The summed E-state index contributed by atoms with van der Waals surface area (Å²) in [7, 11) is 1.72. The molecule has 2 aromatic rings. The molecule has 1 aliphatic heterocycles. The molecular formula is C19H20BrFN2OS. The fraction of sp³-hybridized carbons (Fsp3) is 0.316. The molecule has 0 saturated carbocycles. The summed E-state index contributed by atoms with van der Waals surface area (Å²) in [6.07, 6.45) is 2.04. The van der Waals surface area contributed by atoms with Gasteiger partial charge in [-0.25, -0.2) is 4.39 Å². The molecule has 0 spiro atoms. The molecule has 1 heterocycles. The zero-order chi connectivity index (χ0) is 17.8.